The first kappa shape index (κ1) is 42.8. The van der Waals surface area contributed by atoms with Crippen LogP contribution < -0.4 is 5.73 Å². The van der Waals surface area contributed by atoms with E-state index in [1.54, 1.807) is 14.2 Å². The molecule has 0 aromatic carbocycles. The molecular formula is C44H71NO11. The molecule has 17 atom stereocenters. The molecule has 7 saturated heterocycles. The number of carbonyl (C=O) groups is 1. The third-order valence-electron chi connectivity index (χ3n) is 14.4. The van der Waals surface area contributed by atoms with Crippen LogP contribution >= 0.6 is 0 Å². The predicted molar refractivity (Wildman–Crippen MR) is 209 cm³/mol. The maximum Gasteiger partial charge on any atom is 0.135 e. The summed E-state index contributed by atoms with van der Waals surface area (Å²) in [5.74, 6) is 0.252. The van der Waals surface area contributed by atoms with Crippen LogP contribution in [0.1, 0.15) is 104 Å². The van der Waals surface area contributed by atoms with E-state index in [1.807, 2.05) is 0 Å². The van der Waals surface area contributed by atoms with Crippen molar-refractivity contribution in [2.24, 2.45) is 23.5 Å². The molecule has 0 radical (unpaired) electrons. The molecule has 7 heterocycles. The third-order valence-corrected chi connectivity index (χ3v) is 14.4. The fourth-order valence-corrected chi connectivity index (χ4v) is 10.9. The Morgan fingerprint density at radius 3 is 2.46 bits per heavy atom. The highest BCUT2D eigenvalue weighted by Crippen LogP contribution is 2.44. The van der Waals surface area contributed by atoms with Gasteiger partial charge in [0.2, 0.25) is 0 Å². The second-order valence-electron chi connectivity index (χ2n) is 18.3. The molecule has 7 fully saturated rings. The number of ether oxygens (including phenoxy) is 9. The van der Waals surface area contributed by atoms with Crippen LogP contribution in [0.2, 0.25) is 0 Å². The van der Waals surface area contributed by atoms with E-state index in [2.05, 4.69) is 27.0 Å². The number of aliphatic hydroxyl groups is 1. The van der Waals surface area contributed by atoms with E-state index < -0.39 is 17.8 Å². The van der Waals surface area contributed by atoms with Crippen molar-refractivity contribution in [1.29, 1.82) is 0 Å². The minimum absolute atomic E-state index is 0.0284. The summed E-state index contributed by atoms with van der Waals surface area (Å²) >= 11 is 0. The average molecular weight is 790 g/mol. The Kier molecular flexibility index (Phi) is 14.5. The first-order valence-electron chi connectivity index (χ1n) is 21.8. The molecule has 12 heteroatoms. The zero-order valence-corrected chi connectivity index (χ0v) is 34.5. The molecule has 0 aliphatic carbocycles. The van der Waals surface area contributed by atoms with Crippen LogP contribution in [-0.4, -0.2) is 136 Å². The van der Waals surface area contributed by atoms with Crippen LogP contribution in [0.25, 0.3) is 0 Å². The Hall–Kier alpha value is -1.29. The van der Waals surface area contributed by atoms with Gasteiger partial charge in [0, 0.05) is 71.3 Å². The fraction of sp³-hybridized carbons (Fsp3) is 0.886. The van der Waals surface area contributed by atoms with Gasteiger partial charge >= 0.3 is 0 Å². The van der Waals surface area contributed by atoms with Gasteiger partial charge in [0.1, 0.15) is 11.9 Å². The predicted octanol–water partition coefficient (Wildman–Crippen LogP) is 5.00. The lowest BCUT2D eigenvalue weighted by molar-refractivity contribution is -0.295. The van der Waals surface area contributed by atoms with Gasteiger partial charge in [-0.3, -0.25) is 4.79 Å². The molecule has 7 aliphatic rings. The number of nitrogens with two attached hydrogens (primary N) is 1. The summed E-state index contributed by atoms with van der Waals surface area (Å²) in [7, 11) is 3.39. The van der Waals surface area contributed by atoms with Gasteiger partial charge in [-0.05, 0) is 74.9 Å². The minimum Gasteiger partial charge on any atom is -0.392 e. The second-order valence-corrected chi connectivity index (χ2v) is 18.3. The summed E-state index contributed by atoms with van der Waals surface area (Å²) in [5, 5.41) is 10.6. The molecular weight excluding hydrogens is 718 g/mol. The van der Waals surface area contributed by atoms with Crippen LogP contribution in [0.5, 0.6) is 0 Å². The Morgan fingerprint density at radius 1 is 0.875 bits per heavy atom. The second kappa shape index (κ2) is 19.0. The molecule has 7 aliphatic heterocycles. The van der Waals surface area contributed by atoms with Crippen LogP contribution in [0.15, 0.2) is 24.3 Å². The van der Waals surface area contributed by atoms with Crippen molar-refractivity contribution in [3.8, 4) is 0 Å². The summed E-state index contributed by atoms with van der Waals surface area (Å²) in [4.78, 5) is 14.1. The van der Waals surface area contributed by atoms with E-state index >= 15 is 0 Å². The molecule has 0 spiro atoms. The maximum atomic E-state index is 14.1. The molecule has 0 aromatic heterocycles. The average Bonchev–Trinajstić information content (AvgIpc) is 3.69. The van der Waals surface area contributed by atoms with E-state index in [0.29, 0.717) is 51.4 Å². The molecule has 56 heavy (non-hydrogen) atoms. The highest BCUT2D eigenvalue weighted by Gasteiger charge is 2.52. The Bertz CT molecular complexity index is 1350. The molecule has 12 nitrogen and oxygen atoms in total. The Morgan fingerprint density at radius 2 is 1.68 bits per heavy atom. The number of fused-ring (bicyclic) bond motifs is 9. The van der Waals surface area contributed by atoms with Crippen molar-refractivity contribution >= 4 is 5.78 Å². The number of methoxy groups -OCH3 is 2. The van der Waals surface area contributed by atoms with Gasteiger partial charge < -0.3 is 53.5 Å². The molecule has 0 amide bonds. The lowest BCUT2D eigenvalue weighted by Gasteiger charge is -2.52. The van der Waals surface area contributed by atoms with Gasteiger partial charge in [0.25, 0.3) is 0 Å². The van der Waals surface area contributed by atoms with Gasteiger partial charge in [-0.25, -0.2) is 0 Å². The summed E-state index contributed by atoms with van der Waals surface area (Å²) in [5.41, 5.74) is 7.52. The van der Waals surface area contributed by atoms with Crippen molar-refractivity contribution in [3.63, 3.8) is 0 Å². The lowest BCUT2D eigenvalue weighted by atomic mass is 9.81. The van der Waals surface area contributed by atoms with Crippen LogP contribution in [-0.2, 0) is 47.4 Å². The zero-order chi connectivity index (χ0) is 39.6. The fourth-order valence-electron chi connectivity index (χ4n) is 10.9. The minimum atomic E-state index is -0.728. The number of ketones is 1. The molecule has 318 valence electrons. The van der Waals surface area contributed by atoms with Gasteiger partial charge in [0.15, 0.2) is 0 Å². The molecule has 3 N–H and O–H groups in total. The van der Waals surface area contributed by atoms with E-state index in [1.165, 1.54) is 5.57 Å². The Labute approximate surface area is 334 Å². The highest BCUT2D eigenvalue weighted by atomic mass is 16.6. The third kappa shape index (κ3) is 9.67. The van der Waals surface area contributed by atoms with E-state index in [0.717, 1.165) is 63.4 Å². The smallest absolute Gasteiger partial charge is 0.135 e. The number of Topliss-reactive ketones (excluding diaryl/α,β-unsaturated/α-hetero) is 1. The normalized spacial score (nSPS) is 46.0. The SMILES string of the molecule is C=C1C[C@@H]2CC[C@@]3(CCOC)CO[C@@H]4[C@H](C)[C@H](CO3)O[C@H]3CC[C@H](CC(=O)C[C@@H]5[C@@H](OC)[C@@H](C[C@H](O)CN)O[C@H]5C[C@H]5O[C@@H](CCC[C@@H]1O2)C[C@@H](C)C5=C)O[C@H]43. The van der Waals surface area contributed by atoms with E-state index in [4.69, 9.17) is 48.4 Å². The Balaban J connectivity index is 1.14. The number of hydrogen-bond donors (Lipinski definition) is 2. The molecule has 0 aromatic rings. The highest BCUT2D eigenvalue weighted by molar-refractivity contribution is 5.79. The van der Waals surface area contributed by atoms with Crippen molar-refractivity contribution in [3.05, 3.63) is 24.3 Å². The van der Waals surface area contributed by atoms with Crippen molar-refractivity contribution in [2.75, 3.05) is 40.6 Å². The largest absolute Gasteiger partial charge is 0.392 e. The molecule has 0 saturated carbocycles. The lowest BCUT2D eigenvalue weighted by Crippen LogP contribution is -2.62. The number of carbonyl (C=O) groups excluding carboxylic acids is 1. The van der Waals surface area contributed by atoms with Gasteiger partial charge in [-0.15, -0.1) is 0 Å². The summed E-state index contributed by atoms with van der Waals surface area (Å²) < 4.78 is 59.1. The first-order chi connectivity index (χ1) is 27.0. The van der Waals surface area contributed by atoms with Crippen LogP contribution in [0, 0.1) is 17.8 Å². The molecule has 9 bridgehead atoms. The quantitative estimate of drug-likeness (QED) is 0.335. The van der Waals surface area contributed by atoms with E-state index in [9.17, 15) is 9.90 Å². The van der Waals surface area contributed by atoms with Crippen molar-refractivity contribution in [1.82, 2.24) is 0 Å². The van der Waals surface area contributed by atoms with E-state index in [-0.39, 0.29) is 97.7 Å². The molecule has 0 unspecified atom stereocenters. The van der Waals surface area contributed by atoms with Crippen LogP contribution in [0.4, 0.5) is 0 Å². The zero-order valence-electron chi connectivity index (χ0n) is 34.5. The number of rotatable bonds is 7. The monoisotopic (exact) mass is 790 g/mol. The van der Waals surface area contributed by atoms with Gasteiger partial charge in [-0.1, -0.05) is 27.0 Å². The van der Waals surface area contributed by atoms with Crippen LogP contribution in [0.3, 0.4) is 0 Å². The van der Waals surface area contributed by atoms with Gasteiger partial charge in [-0.2, -0.15) is 0 Å². The molecule has 7 rings (SSSR count). The van der Waals surface area contributed by atoms with Crippen molar-refractivity contribution in [2.45, 2.75) is 189 Å². The summed E-state index contributed by atoms with van der Waals surface area (Å²) in [6, 6.07) is 0. The first-order valence-corrected chi connectivity index (χ1v) is 21.8. The summed E-state index contributed by atoms with van der Waals surface area (Å²) in [6.45, 7) is 14.9. The van der Waals surface area contributed by atoms with Gasteiger partial charge in [0.05, 0.1) is 92.1 Å². The standard InChI is InChI=1S/C44H71NO11/c1-25-16-31-8-7-9-35-26(2)17-33(52-35)12-13-44(14-15-48-5)24-50-41-28(4)40(23-51-44)55-36-11-10-32(54-43(36)41)18-29(46)19-34-38(21-37(53-31)27(25)3)56-39(42(34)49-6)20-30(47)22-45/h25,28,30-43,47H,2-3,7-24,45H2,1,4-6H3/t25-,28-,30+,31+,32-,33+,34+,35+,36+,37-,38+,39-,40+,41-,42-,43+,44-/m1/s1. The summed E-state index contributed by atoms with van der Waals surface area (Å²) in [6.07, 6.45) is 7.13. The number of aliphatic hydroxyl groups excluding tert-OH is 1. The topological polar surface area (TPSA) is 146 Å². The number of hydrogen-bond acceptors (Lipinski definition) is 12. The van der Waals surface area contributed by atoms with Crippen molar-refractivity contribution < 1.29 is 52.5 Å². The maximum absolute atomic E-state index is 14.1.